The molecule has 0 radical (unpaired) electrons. The smallest absolute Gasteiger partial charge is 0.265 e. The van der Waals surface area contributed by atoms with E-state index in [2.05, 4.69) is 5.32 Å². The summed E-state index contributed by atoms with van der Waals surface area (Å²) in [6.07, 6.45) is 0. The molecule has 10 nitrogen and oxygen atoms in total. The number of amides is 5. The molecule has 1 saturated heterocycles. The minimum Gasteiger partial charge on any atom is -0.348 e. The zero-order valence-corrected chi connectivity index (χ0v) is 20.8. The fourth-order valence-corrected chi connectivity index (χ4v) is 4.86. The molecule has 2 aliphatic heterocycles. The monoisotopic (exact) mass is 517 g/mol. The highest BCUT2D eigenvalue weighted by molar-refractivity contribution is 7.18. The van der Waals surface area contributed by atoms with Gasteiger partial charge in [0.25, 0.3) is 17.7 Å². The lowest BCUT2D eigenvalue weighted by atomic mass is 10.1. The molecule has 0 atom stereocenters. The van der Waals surface area contributed by atoms with Crippen molar-refractivity contribution in [2.24, 2.45) is 0 Å². The second-order valence-electron chi connectivity index (χ2n) is 8.43. The molecule has 184 valence electrons. The third-order valence-corrected chi connectivity index (χ3v) is 7.15. The van der Waals surface area contributed by atoms with Gasteiger partial charge in [-0.3, -0.25) is 33.8 Å². The van der Waals surface area contributed by atoms with Gasteiger partial charge in [-0.15, -0.1) is 11.3 Å². The van der Waals surface area contributed by atoms with E-state index < -0.39 is 24.3 Å². The molecular weight excluding hydrogens is 494 g/mol. The van der Waals surface area contributed by atoms with E-state index in [9.17, 15) is 24.0 Å². The van der Waals surface area contributed by atoms with Crippen molar-refractivity contribution in [3.8, 4) is 0 Å². The summed E-state index contributed by atoms with van der Waals surface area (Å²) in [6, 6.07) is 7.77. The number of fused-ring (bicyclic) bond motifs is 1. The Morgan fingerprint density at radius 2 is 1.71 bits per heavy atom. The molecule has 4 rings (SSSR count). The molecule has 0 unspecified atom stereocenters. The maximum atomic E-state index is 13.1. The zero-order valence-electron chi connectivity index (χ0n) is 19.2. The SMILES string of the molecule is CN(C)C(=O)CN1CCN(C(=O)CN2C(=O)c3cccc(NC(=O)c4ccc(Cl)s4)c3C2=O)CC1. The fourth-order valence-electron chi connectivity index (χ4n) is 3.92. The number of anilines is 1. The lowest BCUT2D eigenvalue weighted by molar-refractivity contribution is -0.134. The van der Waals surface area contributed by atoms with Gasteiger partial charge in [-0.05, 0) is 24.3 Å². The van der Waals surface area contributed by atoms with Gasteiger partial charge in [-0.25, -0.2) is 0 Å². The first kappa shape index (κ1) is 24.8. The van der Waals surface area contributed by atoms with E-state index in [0.717, 1.165) is 16.2 Å². The van der Waals surface area contributed by atoms with Crippen molar-refractivity contribution in [2.75, 3.05) is 58.7 Å². The molecule has 1 aromatic heterocycles. The van der Waals surface area contributed by atoms with E-state index in [1.165, 1.54) is 17.0 Å². The number of nitrogens with one attached hydrogen (secondary N) is 1. The van der Waals surface area contributed by atoms with Crippen molar-refractivity contribution < 1.29 is 24.0 Å². The van der Waals surface area contributed by atoms with Crippen LogP contribution in [0.4, 0.5) is 5.69 Å². The highest BCUT2D eigenvalue weighted by Crippen LogP contribution is 2.30. The van der Waals surface area contributed by atoms with Crippen LogP contribution in [0.5, 0.6) is 0 Å². The Balaban J connectivity index is 1.41. The summed E-state index contributed by atoms with van der Waals surface area (Å²) in [5, 5.41) is 2.67. The second-order valence-corrected chi connectivity index (χ2v) is 10.1. The lowest BCUT2D eigenvalue weighted by Crippen LogP contribution is -2.53. The van der Waals surface area contributed by atoms with Crippen LogP contribution in [0.1, 0.15) is 30.4 Å². The summed E-state index contributed by atoms with van der Waals surface area (Å²) in [4.78, 5) is 69.7. The topological polar surface area (TPSA) is 110 Å². The number of piperazine rings is 1. The van der Waals surface area contributed by atoms with Gasteiger partial charge in [0.15, 0.2) is 0 Å². The summed E-state index contributed by atoms with van der Waals surface area (Å²) in [7, 11) is 3.39. The number of halogens is 1. The summed E-state index contributed by atoms with van der Waals surface area (Å²) < 4.78 is 0.453. The first-order valence-corrected chi connectivity index (χ1v) is 12.1. The van der Waals surface area contributed by atoms with Crippen molar-refractivity contribution in [3.63, 3.8) is 0 Å². The Morgan fingerprint density at radius 1 is 1.00 bits per heavy atom. The van der Waals surface area contributed by atoms with E-state index >= 15 is 0 Å². The van der Waals surface area contributed by atoms with Gasteiger partial charge < -0.3 is 15.1 Å². The normalized spacial score (nSPS) is 15.9. The van der Waals surface area contributed by atoms with E-state index in [4.69, 9.17) is 11.6 Å². The highest BCUT2D eigenvalue weighted by atomic mass is 35.5. The number of benzene rings is 1. The summed E-state index contributed by atoms with van der Waals surface area (Å²) in [6.45, 7) is 1.73. The van der Waals surface area contributed by atoms with Crippen LogP contribution in [-0.2, 0) is 9.59 Å². The average Bonchev–Trinajstić information content (AvgIpc) is 3.37. The third-order valence-electron chi connectivity index (χ3n) is 5.92. The van der Waals surface area contributed by atoms with E-state index in [1.807, 2.05) is 4.90 Å². The molecule has 0 bridgehead atoms. The standard InChI is InChI=1S/C23H24ClN5O5S/c1-26(2)18(30)12-27-8-10-28(11-9-27)19(31)13-29-22(33)14-4-3-5-15(20(14)23(29)34)25-21(32)16-6-7-17(24)35-16/h3-7H,8-13H2,1-2H3,(H,25,32). The van der Waals surface area contributed by atoms with Crippen LogP contribution in [-0.4, -0.2) is 102 Å². The predicted molar refractivity (Wildman–Crippen MR) is 131 cm³/mol. The summed E-state index contributed by atoms with van der Waals surface area (Å²) in [5.74, 6) is -2.02. The minimum atomic E-state index is -0.631. The van der Waals surface area contributed by atoms with Gasteiger partial charge in [0.2, 0.25) is 11.8 Å². The maximum Gasteiger partial charge on any atom is 0.265 e. The van der Waals surface area contributed by atoms with E-state index in [-0.39, 0.29) is 35.2 Å². The Bertz CT molecular complexity index is 1200. The Hall–Kier alpha value is -3.28. The quantitative estimate of drug-likeness (QED) is 0.581. The van der Waals surface area contributed by atoms with E-state index in [0.29, 0.717) is 35.4 Å². The van der Waals surface area contributed by atoms with Crippen LogP contribution >= 0.6 is 22.9 Å². The molecule has 35 heavy (non-hydrogen) atoms. The van der Waals surface area contributed by atoms with Gasteiger partial charge in [0.1, 0.15) is 6.54 Å². The molecule has 1 aromatic carbocycles. The summed E-state index contributed by atoms with van der Waals surface area (Å²) in [5.41, 5.74) is 0.398. The lowest BCUT2D eigenvalue weighted by Gasteiger charge is -2.35. The number of rotatable bonds is 6. The highest BCUT2D eigenvalue weighted by Gasteiger charge is 2.39. The Kier molecular flexibility index (Phi) is 7.20. The molecule has 1 N–H and O–H groups in total. The molecule has 2 aliphatic rings. The van der Waals surface area contributed by atoms with Crippen molar-refractivity contribution in [1.82, 2.24) is 19.6 Å². The molecule has 3 heterocycles. The Morgan fingerprint density at radius 3 is 2.34 bits per heavy atom. The molecule has 2 aromatic rings. The van der Waals surface area contributed by atoms with Crippen LogP contribution in [0.2, 0.25) is 4.34 Å². The number of likely N-dealkylation sites (N-methyl/N-ethyl adjacent to an activating group) is 1. The van der Waals surface area contributed by atoms with Crippen LogP contribution < -0.4 is 5.32 Å². The zero-order chi connectivity index (χ0) is 25.3. The largest absolute Gasteiger partial charge is 0.348 e. The first-order valence-electron chi connectivity index (χ1n) is 10.9. The average molecular weight is 518 g/mol. The predicted octanol–water partition coefficient (Wildman–Crippen LogP) is 1.48. The molecule has 12 heteroatoms. The number of hydrogen-bond donors (Lipinski definition) is 1. The number of hydrogen-bond acceptors (Lipinski definition) is 7. The maximum absolute atomic E-state index is 13.1. The molecular formula is C23H24ClN5O5S. The number of imide groups is 1. The van der Waals surface area contributed by atoms with Gasteiger partial charge in [-0.2, -0.15) is 0 Å². The molecule has 0 spiro atoms. The summed E-state index contributed by atoms with van der Waals surface area (Å²) >= 11 is 6.99. The van der Waals surface area contributed by atoms with Crippen LogP contribution in [0.25, 0.3) is 0 Å². The molecule has 0 aliphatic carbocycles. The van der Waals surface area contributed by atoms with Crippen molar-refractivity contribution in [1.29, 1.82) is 0 Å². The number of thiophene rings is 1. The molecule has 0 saturated carbocycles. The van der Waals surface area contributed by atoms with Crippen molar-refractivity contribution >= 4 is 58.2 Å². The van der Waals surface area contributed by atoms with E-state index in [1.54, 1.807) is 37.2 Å². The van der Waals surface area contributed by atoms with Crippen LogP contribution in [0.15, 0.2) is 30.3 Å². The van der Waals surface area contributed by atoms with Gasteiger partial charge in [0.05, 0.1) is 32.6 Å². The molecule has 5 amide bonds. The molecule has 1 fully saturated rings. The fraction of sp³-hybridized carbons (Fsp3) is 0.348. The second kappa shape index (κ2) is 10.1. The number of carbonyl (C=O) groups is 5. The van der Waals surface area contributed by atoms with Crippen LogP contribution in [0, 0.1) is 0 Å². The minimum absolute atomic E-state index is 0.0131. The van der Waals surface area contributed by atoms with Gasteiger partial charge in [-0.1, -0.05) is 17.7 Å². The number of nitrogens with zero attached hydrogens (tertiary/aromatic N) is 4. The van der Waals surface area contributed by atoms with Crippen molar-refractivity contribution in [3.05, 3.63) is 50.7 Å². The van der Waals surface area contributed by atoms with Crippen LogP contribution in [0.3, 0.4) is 0 Å². The number of carbonyl (C=O) groups excluding carboxylic acids is 5. The van der Waals surface area contributed by atoms with Crippen molar-refractivity contribution in [2.45, 2.75) is 0 Å². The third kappa shape index (κ3) is 5.21. The Labute approximate surface area is 211 Å². The van der Waals surface area contributed by atoms with Gasteiger partial charge >= 0.3 is 0 Å². The first-order chi connectivity index (χ1) is 16.7. The van der Waals surface area contributed by atoms with Gasteiger partial charge in [0, 0.05) is 40.3 Å².